The third-order valence-corrected chi connectivity index (χ3v) is 6.80. The second-order valence-corrected chi connectivity index (χ2v) is 9.39. The molecule has 0 saturated carbocycles. The van der Waals surface area contributed by atoms with Crippen LogP contribution in [0.1, 0.15) is 48.8 Å². The van der Waals surface area contributed by atoms with E-state index in [1.54, 1.807) is 44.9 Å². The lowest BCUT2D eigenvalue weighted by molar-refractivity contribution is 0.218. The van der Waals surface area contributed by atoms with Crippen LogP contribution >= 0.6 is 11.3 Å². The molecule has 0 radical (unpaired) electrons. The predicted octanol–water partition coefficient (Wildman–Crippen LogP) is 5.55. The van der Waals surface area contributed by atoms with Crippen LogP contribution < -0.4 is 14.2 Å². The topological polar surface area (TPSA) is 63.8 Å². The summed E-state index contributed by atoms with van der Waals surface area (Å²) in [6.07, 6.45) is 4.83. The average Bonchev–Trinajstić information content (AvgIpc) is 3.07. The van der Waals surface area contributed by atoms with Crippen LogP contribution in [-0.4, -0.2) is 27.5 Å². The van der Waals surface area contributed by atoms with Crippen molar-refractivity contribution in [3.8, 4) is 23.3 Å². The van der Waals surface area contributed by atoms with Gasteiger partial charge in [0.15, 0.2) is 11.5 Å². The highest BCUT2D eigenvalue weighted by molar-refractivity contribution is 7.16. The minimum Gasteiger partial charge on any atom is -0.496 e. The maximum atomic E-state index is 9.76. The number of benzene rings is 1. The molecule has 0 saturated heterocycles. The molecule has 0 N–H and O–H groups in total. The Morgan fingerprint density at radius 1 is 1.10 bits per heavy atom. The Kier molecular flexibility index (Phi) is 6.18. The Morgan fingerprint density at radius 3 is 2.34 bits per heavy atom. The second-order valence-electron chi connectivity index (χ2n) is 8.31. The largest absolute Gasteiger partial charge is 0.496 e. The smallest absolute Gasteiger partial charge is 0.164 e. The number of hydrogen-bond donors (Lipinski definition) is 0. The van der Waals surface area contributed by atoms with E-state index >= 15 is 0 Å². The summed E-state index contributed by atoms with van der Waals surface area (Å²) in [6.45, 7) is 6.89. The van der Waals surface area contributed by atoms with E-state index in [0.717, 1.165) is 29.8 Å². The van der Waals surface area contributed by atoms with E-state index in [0.29, 0.717) is 28.7 Å². The molecule has 154 valence electrons. The van der Waals surface area contributed by atoms with Crippen LogP contribution in [0, 0.1) is 22.7 Å². The number of ether oxygens (including phenoxy) is 3. The maximum absolute atomic E-state index is 9.76. The van der Waals surface area contributed by atoms with Gasteiger partial charge in [-0.05, 0) is 42.2 Å². The van der Waals surface area contributed by atoms with Crippen LogP contribution in [0.4, 0.5) is 5.00 Å². The van der Waals surface area contributed by atoms with Crippen molar-refractivity contribution in [2.45, 2.75) is 40.0 Å². The number of methoxy groups -OCH3 is 3. The summed E-state index contributed by atoms with van der Waals surface area (Å²) in [7, 11) is 4.79. The molecule has 1 heterocycles. The van der Waals surface area contributed by atoms with Gasteiger partial charge in [0, 0.05) is 22.7 Å². The van der Waals surface area contributed by atoms with Crippen molar-refractivity contribution in [1.82, 2.24) is 0 Å². The minimum atomic E-state index is 0.269. The number of nitriles is 1. The first-order chi connectivity index (χ1) is 13.8. The highest BCUT2D eigenvalue weighted by atomic mass is 32.1. The Balaban J connectivity index is 1.97. The molecular weight excluding hydrogens is 384 g/mol. The first-order valence-electron chi connectivity index (χ1n) is 9.71. The van der Waals surface area contributed by atoms with Gasteiger partial charge in [-0.15, -0.1) is 11.3 Å². The number of hydrogen-bond acceptors (Lipinski definition) is 6. The van der Waals surface area contributed by atoms with Gasteiger partial charge < -0.3 is 14.2 Å². The molecule has 1 aromatic heterocycles. The summed E-state index contributed by atoms with van der Waals surface area (Å²) >= 11 is 1.64. The molecule has 1 aliphatic rings. The lowest BCUT2D eigenvalue weighted by Gasteiger charge is -2.33. The molecule has 1 aliphatic carbocycles. The Morgan fingerprint density at radius 2 is 1.76 bits per heavy atom. The van der Waals surface area contributed by atoms with Crippen molar-refractivity contribution >= 4 is 22.6 Å². The summed E-state index contributed by atoms with van der Waals surface area (Å²) < 4.78 is 16.2. The molecule has 3 rings (SSSR count). The molecule has 1 aromatic carbocycles. The van der Waals surface area contributed by atoms with Crippen LogP contribution in [0.25, 0.3) is 0 Å². The number of fused-ring (bicyclic) bond motifs is 1. The quantitative estimate of drug-likeness (QED) is 0.604. The number of aliphatic imine (C=N–C) groups is 1. The fourth-order valence-electron chi connectivity index (χ4n) is 3.80. The van der Waals surface area contributed by atoms with Gasteiger partial charge in [-0.2, -0.15) is 5.26 Å². The second kappa shape index (κ2) is 8.46. The van der Waals surface area contributed by atoms with E-state index in [1.165, 1.54) is 10.4 Å². The molecule has 0 unspecified atom stereocenters. The zero-order valence-corrected chi connectivity index (χ0v) is 18.8. The summed E-state index contributed by atoms with van der Waals surface area (Å²) in [4.78, 5) is 5.98. The average molecular weight is 413 g/mol. The van der Waals surface area contributed by atoms with E-state index in [2.05, 4.69) is 31.8 Å². The third-order valence-electron chi connectivity index (χ3n) is 5.64. The zero-order valence-electron chi connectivity index (χ0n) is 18.0. The molecule has 0 spiro atoms. The van der Waals surface area contributed by atoms with Crippen LogP contribution in [0.2, 0.25) is 0 Å². The van der Waals surface area contributed by atoms with Crippen molar-refractivity contribution in [3.05, 3.63) is 33.7 Å². The van der Waals surface area contributed by atoms with E-state index in [1.807, 2.05) is 6.07 Å². The van der Waals surface area contributed by atoms with Crippen LogP contribution in [0.3, 0.4) is 0 Å². The summed E-state index contributed by atoms with van der Waals surface area (Å²) in [5.74, 6) is 2.47. The number of nitrogens with zero attached hydrogens (tertiary/aromatic N) is 2. The molecule has 2 aromatic rings. The minimum absolute atomic E-state index is 0.269. The van der Waals surface area contributed by atoms with Crippen molar-refractivity contribution in [2.75, 3.05) is 21.3 Å². The zero-order chi connectivity index (χ0) is 21.2. The molecule has 0 fully saturated rings. The van der Waals surface area contributed by atoms with Gasteiger partial charge in [0.25, 0.3) is 0 Å². The standard InChI is InChI=1S/C23H28N2O3S/c1-23(2,3)15-7-8-16-17(12-24)22(29-21(16)10-15)25-13-14-9-19(27-5)20(28-6)11-18(14)26-4/h9,11,13,15H,7-8,10H2,1-6H3/t15-/m1/s1. The van der Waals surface area contributed by atoms with E-state index in [4.69, 9.17) is 14.2 Å². The SMILES string of the molecule is COc1cc(OC)c(OC)cc1C=Nc1sc2c(c1C#N)CC[C@@H](C(C)(C)C)C2. The first-order valence-corrected chi connectivity index (χ1v) is 10.5. The number of rotatable bonds is 5. The molecule has 6 heteroatoms. The molecule has 0 amide bonds. The lowest BCUT2D eigenvalue weighted by Crippen LogP contribution is -2.26. The number of thiophene rings is 1. The first kappa shape index (κ1) is 21.2. The Labute approximate surface area is 176 Å². The van der Waals surface area contributed by atoms with Gasteiger partial charge in [-0.1, -0.05) is 20.8 Å². The summed E-state index contributed by atoms with van der Waals surface area (Å²) in [6, 6.07) is 5.99. The van der Waals surface area contributed by atoms with E-state index in [9.17, 15) is 5.26 Å². The molecular formula is C23H28N2O3S. The highest BCUT2D eigenvalue weighted by Gasteiger charge is 2.32. The van der Waals surface area contributed by atoms with Crippen molar-refractivity contribution < 1.29 is 14.2 Å². The molecule has 0 aliphatic heterocycles. The fourth-order valence-corrected chi connectivity index (χ4v) is 5.02. The van der Waals surface area contributed by atoms with Gasteiger partial charge in [0.1, 0.15) is 16.8 Å². The monoisotopic (exact) mass is 412 g/mol. The molecule has 5 nitrogen and oxygen atoms in total. The summed E-state index contributed by atoms with van der Waals surface area (Å²) in [5.41, 5.74) is 2.94. The van der Waals surface area contributed by atoms with Gasteiger partial charge in [-0.25, -0.2) is 4.99 Å². The van der Waals surface area contributed by atoms with Gasteiger partial charge in [0.05, 0.1) is 26.9 Å². The molecule has 29 heavy (non-hydrogen) atoms. The van der Waals surface area contributed by atoms with Crippen LogP contribution in [-0.2, 0) is 12.8 Å². The van der Waals surface area contributed by atoms with Crippen LogP contribution in [0.15, 0.2) is 17.1 Å². The predicted molar refractivity (Wildman–Crippen MR) is 117 cm³/mol. The lowest BCUT2D eigenvalue weighted by atomic mass is 9.72. The van der Waals surface area contributed by atoms with E-state index < -0.39 is 0 Å². The van der Waals surface area contributed by atoms with Crippen molar-refractivity contribution in [3.63, 3.8) is 0 Å². The van der Waals surface area contributed by atoms with Gasteiger partial charge in [-0.3, -0.25) is 0 Å². The molecule has 0 bridgehead atoms. The molecule has 1 atom stereocenters. The van der Waals surface area contributed by atoms with Crippen LogP contribution in [0.5, 0.6) is 17.2 Å². The fraction of sp³-hybridized carbons (Fsp3) is 0.478. The normalized spacial score (nSPS) is 16.4. The van der Waals surface area contributed by atoms with E-state index in [-0.39, 0.29) is 5.41 Å². The third kappa shape index (κ3) is 4.25. The maximum Gasteiger partial charge on any atom is 0.164 e. The Bertz CT molecular complexity index is 964. The highest BCUT2D eigenvalue weighted by Crippen LogP contribution is 2.45. The summed E-state index contributed by atoms with van der Waals surface area (Å²) in [5, 5.41) is 10.5. The van der Waals surface area contributed by atoms with Crippen molar-refractivity contribution in [2.24, 2.45) is 16.3 Å². The Hall–Kier alpha value is -2.52. The van der Waals surface area contributed by atoms with Crippen molar-refractivity contribution in [1.29, 1.82) is 5.26 Å². The van der Waals surface area contributed by atoms with Gasteiger partial charge in [0.2, 0.25) is 0 Å². The van der Waals surface area contributed by atoms with Gasteiger partial charge >= 0.3 is 0 Å².